The third-order valence-corrected chi connectivity index (χ3v) is 5.92. The van der Waals surface area contributed by atoms with E-state index in [1.807, 2.05) is 6.08 Å². The molecule has 4 heteroatoms. The van der Waals surface area contributed by atoms with Gasteiger partial charge in [0.25, 0.3) is 0 Å². The molecule has 132 valence electrons. The minimum absolute atomic E-state index is 0.307. The van der Waals surface area contributed by atoms with Crippen molar-refractivity contribution in [3.63, 3.8) is 0 Å². The highest BCUT2D eigenvalue weighted by molar-refractivity contribution is 7.99. The maximum absolute atomic E-state index is 4.57. The lowest BCUT2D eigenvalue weighted by Crippen LogP contribution is -2.02. The fourth-order valence-electron chi connectivity index (χ4n) is 3.12. The number of hydrogen-bond donors (Lipinski definition) is 0. The predicted octanol–water partition coefficient (Wildman–Crippen LogP) is 6.00. The molecule has 1 atom stereocenters. The SMILES string of the molecule is C=CCC(Sc1nnc(-c2ccc(C)cc2)n1C1CC1)c1ccccc1. The summed E-state index contributed by atoms with van der Waals surface area (Å²) in [6, 6.07) is 19.7. The van der Waals surface area contributed by atoms with Gasteiger partial charge in [-0.15, -0.1) is 16.8 Å². The molecular formula is C22H23N3S. The Hall–Kier alpha value is -2.33. The summed E-state index contributed by atoms with van der Waals surface area (Å²) in [5, 5.41) is 10.4. The van der Waals surface area contributed by atoms with Gasteiger partial charge in [0.15, 0.2) is 11.0 Å². The topological polar surface area (TPSA) is 30.7 Å². The van der Waals surface area contributed by atoms with E-state index in [1.54, 1.807) is 11.8 Å². The van der Waals surface area contributed by atoms with Gasteiger partial charge in [0, 0.05) is 16.9 Å². The second-order valence-electron chi connectivity index (χ2n) is 6.81. The summed E-state index contributed by atoms with van der Waals surface area (Å²) in [6.45, 7) is 6.05. The molecule has 0 aliphatic heterocycles. The lowest BCUT2D eigenvalue weighted by molar-refractivity contribution is 0.667. The molecule has 1 heterocycles. The van der Waals surface area contributed by atoms with Crippen molar-refractivity contribution in [3.05, 3.63) is 78.4 Å². The molecule has 2 aromatic carbocycles. The fraction of sp³-hybridized carbons (Fsp3) is 0.273. The number of hydrogen-bond acceptors (Lipinski definition) is 3. The molecule has 1 aliphatic rings. The summed E-state index contributed by atoms with van der Waals surface area (Å²) in [5.74, 6) is 0.986. The molecule has 3 aromatic rings. The van der Waals surface area contributed by atoms with Crippen LogP contribution in [0.1, 0.15) is 41.7 Å². The van der Waals surface area contributed by atoms with Crippen molar-refractivity contribution in [1.29, 1.82) is 0 Å². The molecule has 0 bridgehead atoms. The van der Waals surface area contributed by atoms with E-state index in [0.717, 1.165) is 23.0 Å². The summed E-state index contributed by atoms with van der Waals surface area (Å²) < 4.78 is 2.34. The number of aryl methyl sites for hydroxylation is 1. The minimum atomic E-state index is 0.307. The van der Waals surface area contributed by atoms with Crippen LogP contribution in [0.3, 0.4) is 0 Å². The van der Waals surface area contributed by atoms with Crippen molar-refractivity contribution in [3.8, 4) is 11.4 Å². The maximum Gasteiger partial charge on any atom is 0.192 e. The normalized spacial score (nSPS) is 15.0. The second kappa shape index (κ2) is 7.50. The van der Waals surface area contributed by atoms with Crippen molar-refractivity contribution < 1.29 is 0 Å². The standard InChI is InChI=1S/C22H23N3S/c1-3-7-20(17-8-5-4-6-9-17)26-22-24-23-21(25(22)19-14-15-19)18-12-10-16(2)11-13-18/h3-6,8-13,19-20H,1,7,14-15H2,2H3. The van der Waals surface area contributed by atoms with E-state index < -0.39 is 0 Å². The summed E-state index contributed by atoms with van der Waals surface area (Å²) in [4.78, 5) is 0. The lowest BCUT2D eigenvalue weighted by Gasteiger charge is -2.16. The Morgan fingerprint density at radius 2 is 1.85 bits per heavy atom. The lowest BCUT2D eigenvalue weighted by atomic mass is 10.1. The maximum atomic E-state index is 4.57. The minimum Gasteiger partial charge on any atom is -0.299 e. The summed E-state index contributed by atoms with van der Waals surface area (Å²) >= 11 is 1.80. The number of rotatable bonds is 7. The van der Waals surface area contributed by atoms with Crippen LogP contribution in [0, 0.1) is 6.92 Å². The number of aromatic nitrogens is 3. The van der Waals surface area contributed by atoms with E-state index >= 15 is 0 Å². The van der Waals surface area contributed by atoms with Gasteiger partial charge in [-0.25, -0.2) is 0 Å². The highest BCUT2D eigenvalue weighted by atomic mass is 32.2. The van der Waals surface area contributed by atoms with Crippen LogP contribution in [-0.2, 0) is 0 Å². The highest BCUT2D eigenvalue weighted by Gasteiger charge is 2.31. The third-order valence-electron chi connectivity index (χ3n) is 4.69. The van der Waals surface area contributed by atoms with Crippen LogP contribution in [0.4, 0.5) is 0 Å². The zero-order chi connectivity index (χ0) is 17.9. The Morgan fingerprint density at radius 1 is 1.12 bits per heavy atom. The first-order chi connectivity index (χ1) is 12.8. The molecule has 0 radical (unpaired) electrons. The molecular weight excluding hydrogens is 338 g/mol. The summed E-state index contributed by atoms with van der Waals surface area (Å²) in [5.41, 5.74) is 3.71. The number of thioether (sulfide) groups is 1. The number of nitrogens with zero attached hydrogens (tertiary/aromatic N) is 3. The van der Waals surface area contributed by atoms with Crippen molar-refractivity contribution in [2.75, 3.05) is 0 Å². The van der Waals surface area contributed by atoms with Gasteiger partial charge in [-0.3, -0.25) is 4.57 Å². The Bertz CT molecular complexity index is 880. The van der Waals surface area contributed by atoms with Gasteiger partial charge >= 0.3 is 0 Å². The van der Waals surface area contributed by atoms with E-state index in [1.165, 1.54) is 24.0 Å². The molecule has 1 saturated carbocycles. The molecule has 1 aliphatic carbocycles. The van der Waals surface area contributed by atoms with Crippen LogP contribution in [0.15, 0.2) is 72.4 Å². The van der Waals surface area contributed by atoms with Crippen molar-refractivity contribution in [1.82, 2.24) is 14.8 Å². The molecule has 0 N–H and O–H groups in total. The average molecular weight is 362 g/mol. The molecule has 0 spiro atoms. The Labute approximate surface area is 159 Å². The Kier molecular flexibility index (Phi) is 4.93. The molecule has 1 fully saturated rings. The van der Waals surface area contributed by atoms with E-state index in [9.17, 15) is 0 Å². The molecule has 1 unspecified atom stereocenters. The van der Waals surface area contributed by atoms with Crippen LogP contribution in [0.5, 0.6) is 0 Å². The number of allylic oxidation sites excluding steroid dienone is 1. The fourth-order valence-corrected chi connectivity index (χ4v) is 4.33. The van der Waals surface area contributed by atoms with Gasteiger partial charge in [0.2, 0.25) is 0 Å². The highest BCUT2D eigenvalue weighted by Crippen LogP contribution is 2.44. The molecule has 1 aromatic heterocycles. The largest absolute Gasteiger partial charge is 0.299 e. The monoisotopic (exact) mass is 361 g/mol. The van der Waals surface area contributed by atoms with Crippen LogP contribution in [0.2, 0.25) is 0 Å². The van der Waals surface area contributed by atoms with E-state index in [2.05, 4.69) is 82.9 Å². The smallest absolute Gasteiger partial charge is 0.192 e. The van der Waals surface area contributed by atoms with Gasteiger partial charge in [0.1, 0.15) is 0 Å². The Balaban J connectivity index is 1.68. The van der Waals surface area contributed by atoms with E-state index in [-0.39, 0.29) is 0 Å². The van der Waals surface area contributed by atoms with Gasteiger partial charge in [-0.1, -0.05) is 78.0 Å². The van der Waals surface area contributed by atoms with E-state index in [4.69, 9.17) is 0 Å². The van der Waals surface area contributed by atoms with Gasteiger partial charge in [0.05, 0.1) is 0 Å². The predicted molar refractivity (Wildman–Crippen MR) is 108 cm³/mol. The molecule has 3 nitrogen and oxygen atoms in total. The first kappa shape index (κ1) is 17.1. The zero-order valence-corrected chi connectivity index (χ0v) is 15.8. The first-order valence-electron chi connectivity index (χ1n) is 9.10. The van der Waals surface area contributed by atoms with Crippen LogP contribution in [0.25, 0.3) is 11.4 Å². The second-order valence-corrected chi connectivity index (χ2v) is 7.98. The molecule has 26 heavy (non-hydrogen) atoms. The van der Waals surface area contributed by atoms with Crippen molar-refractivity contribution in [2.45, 2.75) is 42.6 Å². The zero-order valence-electron chi connectivity index (χ0n) is 15.0. The van der Waals surface area contributed by atoms with Crippen LogP contribution >= 0.6 is 11.8 Å². The first-order valence-corrected chi connectivity index (χ1v) is 9.98. The average Bonchev–Trinajstić information content (AvgIpc) is 3.43. The summed E-state index contributed by atoms with van der Waals surface area (Å²) in [6.07, 6.45) is 5.32. The number of benzene rings is 2. The van der Waals surface area contributed by atoms with Crippen molar-refractivity contribution >= 4 is 11.8 Å². The third kappa shape index (κ3) is 3.61. The molecule has 0 saturated heterocycles. The van der Waals surface area contributed by atoms with E-state index in [0.29, 0.717) is 11.3 Å². The molecule has 0 amide bonds. The molecule has 4 rings (SSSR count). The van der Waals surface area contributed by atoms with Gasteiger partial charge < -0.3 is 0 Å². The van der Waals surface area contributed by atoms with Gasteiger partial charge in [-0.2, -0.15) is 0 Å². The van der Waals surface area contributed by atoms with Gasteiger partial charge in [-0.05, 0) is 31.7 Å². The van der Waals surface area contributed by atoms with Crippen LogP contribution in [-0.4, -0.2) is 14.8 Å². The quantitative estimate of drug-likeness (QED) is 0.382. The summed E-state index contributed by atoms with van der Waals surface area (Å²) in [7, 11) is 0. The Morgan fingerprint density at radius 3 is 2.50 bits per heavy atom. The van der Waals surface area contributed by atoms with Crippen molar-refractivity contribution in [2.24, 2.45) is 0 Å². The van der Waals surface area contributed by atoms with Crippen LogP contribution < -0.4 is 0 Å².